The normalized spacial score (nSPS) is 23.4. The van der Waals surface area contributed by atoms with Gasteiger partial charge < -0.3 is 5.11 Å². The summed E-state index contributed by atoms with van der Waals surface area (Å²) < 4.78 is 27.2. The third-order valence-corrected chi connectivity index (χ3v) is 6.26. The van der Waals surface area contributed by atoms with Crippen molar-refractivity contribution in [1.82, 2.24) is 4.31 Å². The third kappa shape index (κ3) is 2.82. The predicted octanol–water partition coefficient (Wildman–Crippen LogP) is 2.64. The molecule has 5 nitrogen and oxygen atoms in total. The highest BCUT2D eigenvalue weighted by Crippen LogP contribution is 2.32. The van der Waals surface area contributed by atoms with E-state index >= 15 is 0 Å². The van der Waals surface area contributed by atoms with Gasteiger partial charge in [0.05, 0.1) is 10.5 Å². The third-order valence-electron chi connectivity index (χ3n) is 4.20. The molecule has 1 aliphatic rings. The zero-order valence-corrected chi connectivity index (χ0v) is 13.4. The van der Waals surface area contributed by atoms with Gasteiger partial charge in [0.15, 0.2) is 0 Å². The summed E-state index contributed by atoms with van der Waals surface area (Å²) >= 11 is 0. The Balaban J connectivity index is 2.49. The summed E-state index contributed by atoms with van der Waals surface area (Å²) in [5, 5.41) is 9.16. The largest absolute Gasteiger partial charge is 0.478 e. The Morgan fingerprint density at radius 3 is 2.62 bits per heavy atom. The minimum absolute atomic E-state index is 0.000388. The summed E-state index contributed by atoms with van der Waals surface area (Å²) in [5.74, 6) is -1.11. The quantitative estimate of drug-likeness (QED) is 0.927. The van der Waals surface area contributed by atoms with Crippen molar-refractivity contribution in [3.63, 3.8) is 0 Å². The average Bonchev–Trinajstić information content (AvgIpc) is 2.80. The van der Waals surface area contributed by atoms with Crippen LogP contribution in [0.3, 0.4) is 0 Å². The fourth-order valence-electron chi connectivity index (χ4n) is 2.98. The number of carbonyl (C=O) groups is 1. The van der Waals surface area contributed by atoms with Gasteiger partial charge >= 0.3 is 5.97 Å². The summed E-state index contributed by atoms with van der Waals surface area (Å²) in [4.78, 5) is 11.3. The lowest BCUT2D eigenvalue weighted by Gasteiger charge is -2.27. The van der Waals surface area contributed by atoms with Crippen molar-refractivity contribution in [3.8, 4) is 0 Å². The second-order valence-electron chi connectivity index (χ2n) is 5.61. The first-order chi connectivity index (χ1) is 9.78. The molecular formula is C15H21NO4S. The van der Waals surface area contributed by atoms with Crippen molar-refractivity contribution in [2.45, 2.75) is 57.0 Å². The molecule has 0 saturated carbocycles. The summed E-state index contributed by atoms with van der Waals surface area (Å²) in [6, 6.07) is 4.27. The molecule has 0 amide bonds. The molecule has 0 aliphatic carbocycles. The number of nitrogens with zero attached hydrogens (tertiary/aromatic N) is 1. The van der Waals surface area contributed by atoms with E-state index in [9.17, 15) is 13.2 Å². The van der Waals surface area contributed by atoms with Crippen molar-refractivity contribution in [2.75, 3.05) is 0 Å². The molecule has 2 atom stereocenters. The fraction of sp³-hybridized carbons (Fsp3) is 0.533. The lowest BCUT2D eigenvalue weighted by atomic mass is 10.1. The number of sulfonamides is 1. The van der Waals surface area contributed by atoms with Crippen LogP contribution in [-0.4, -0.2) is 35.9 Å². The molecule has 116 valence electrons. The smallest absolute Gasteiger partial charge is 0.335 e. The molecule has 1 aromatic carbocycles. The first kappa shape index (κ1) is 16.0. The highest BCUT2D eigenvalue weighted by atomic mass is 32.2. The molecule has 1 aliphatic heterocycles. The minimum Gasteiger partial charge on any atom is -0.478 e. The first-order valence-corrected chi connectivity index (χ1v) is 8.60. The molecule has 1 heterocycles. The SMILES string of the molecule is CCC1CCC(C)N1S(=O)(=O)c1ccc(C)c(C(=O)O)c1. The minimum atomic E-state index is -3.65. The molecule has 1 aromatic rings. The number of benzene rings is 1. The molecule has 0 radical (unpaired) electrons. The van der Waals surface area contributed by atoms with Crippen LogP contribution in [0.2, 0.25) is 0 Å². The summed E-state index contributed by atoms with van der Waals surface area (Å²) in [7, 11) is -3.65. The van der Waals surface area contributed by atoms with Gasteiger partial charge in [0, 0.05) is 12.1 Å². The average molecular weight is 311 g/mol. The van der Waals surface area contributed by atoms with Crippen LogP contribution in [0.4, 0.5) is 0 Å². The summed E-state index contributed by atoms with van der Waals surface area (Å²) in [6.07, 6.45) is 2.46. The topological polar surface area (TPSA) is 74.7 Å². The molecule has 21 heavy (non-hydrogen) atoms. The molecule has 6 heteroatoms. The fourth-order valence-corrected chi connectivity index (χ4v) is 4.96. The molecule has 1 saturated heterocycles. The van der Waals surface area contributed by atoms with E-state index in [2.05, 4.69) is 0 Å². The van der Waals surface area contributed by atoms with Gasteiger partial charge in [-0.3, -0.25) is 0 Å². The van der Waals surface area contributed by atoms with Crippen LogP contribution in [-0.2, 0) is 10.0 Å². The van der Waals surface area contributed by atoms with Crippen LogP contribution in [0.5, 0.6) is 0 Å². The Hall–Kier alpha value is -1.40. The zero-order chi connectivity index (χ0) is 15.8. The van der Waals surface area contributed by atoms with Crippen LogP contribution in [0.25, 0.3) is 0 Å². The van der Waals surface area contributed by atoms with Crippen molar-refractivity contribution < 1.29 is 18.3 Å². The number of aromatic carboxylic acids is 1. The van der Waals surface area contributed by atoms with E-state index in [1.807, 2.05) is 13.8 Å². The Bertz CT molecular complexity index is 654. The van der Waals surface area contributed by atoms with E-state index in [-0.39, 0.29) is 22.5 Å². The van der Waals surface area contributed by atoms with E-state index in [0.29, 0.717) is 5.56 Å². The van der Waals surface area contributed by atoms with E-state index in [1.54, 1.807) is 17.3 Å². The lowest BCUT2D eigenvalue weighted by molar-refractivity contribution is 0.0696. The van der Waals surface area contributed by atoms with E-state index in [0.717, 1.165) is 19.3 Å². The van der Waals surface area contributed by atoms with Gasteiger partial charge in [0.25, 0.3) is 0 Å². The standard InChI is InChI=1S/C15H21NO4S/c1-4-12-7-6-11(3)16(12)21(19,20)13-8-5-10(2)14(9-13)15(17)18/h5,8-9,11-12H,4,6-7H2,1-3H3,(H,17,18). The predicted molar refractivity (Wildman–Crippen MR) is 79.9 cm³/mol. The Labute approximate surface area is 125 Å². The van der Waals surface area contributed by atoms with Gasteiger partial charge in [-0.2, -0.15) is 4.31 Å². The van der Waals surface area contributed by atoms with E-state index in [1.165, 1.54) is 12.1 Å². The molecule has 0 spiro atoms. The number of carboxylic acid groups (broad SMARTS) is 1. The van der Waals surface area contributed by atoms with Crippen LogP contribution in [0.1, 0.15) is 49.0 Å². The van der Waals surface area contributed by atoms with Crippen molar-refractivity contribution in [1.29, 1.82) is 0 Å². The number of hydrogen-bond acceptors (Lipinski definition) is 3. The van der Waals surface area contributed by atoms with Crippen LogP contribution in [0, 0.1) is 6.92 Å². The monoisotopic (exact) mass is 311 g/mol. The molecule has 1 N–H and O–H groups in total. The maximum atomic E-state index is 12.8. The van der Waals surface area contributed by atoms with Gasteiger partial charge in [-0.05, 0) is 50.8 Å². The van der Waals surface area contributed by atoms with Gasteiger partial charge in [-0.1, -0.05) is 13.0 Å². The van der Waals surface area contributed by atoms with E-state index < -0.39 is 16.0 Å². The van der Waals surface area contributed by atoms with Crippen molar-refractivity contribution in [2.24, 2.45) is 0 Å². The molecule has 1 fully saturated rings. The second kappa shape index (κ2) is 5.77. The number of rotatable bonds is 4. The molecule has 2 rings (SSSR count). The molecule has 0 bridgehead atoms. The van der Waals surface area contributed by atoms with Gasteiger partial charge in [-0.25, -0.2) is 13.2 Å². The number of aryl methyl sites for hydroxylation is 1. The second-order valence-corrected chi connectivity index (χ2v) is 7.45. The van der Waals surface area contributed by atoms with Crippen LogP contribution in [0.15, 0.2) is 23.1 Å². The van der Waals surface area contributed by atoms with Gasteiger partial charge in [-0.15, -0.1) is 0 Å². The Kier molecular flexibility index (Phi) is 4.39. The van der Waals surface area contributed by atoms with E-state index in [4.69, 9.17) is 5.11 Å². The Morgan fingerprint density at radius 1 is 1.38 bits per heavy atom. The molecule has 0 aromatic heterocycles. The summed E-state index contributed by atoms with van der Waals surface area (Å²) in [6.45, 7) is 5.54. The van der Waals surface area contributed by atoms with Crippen LogP contribution < -0.4 is 0 Å². The Morgan fingerprint density at radius 2 is 2.05 bits per heavy atom. The highest BCUT2D eigenvalue weighted by molar-refractivity contribution is 7.89. The van der Waals surface area contributed by atoms with Crippen molar-refractivity contribution in [3.05, 3.63) is 29.3 Å². The summed E-state index contributed by atoms with van der Waals surface area (Å²) in [5.41, 5.74) is 0.596. The molecule has 2 unspecified atom stereocenters. The number of hydrogen-bond donors (Lipinski definition) is 1. The zero-order valence-electron chi connectivity index (χ0n) is 12.5. The highest BCUT2D eigenvalue weighted by Gasteiger charge is 2.39. The van der Waals surface area contributed by atoms with Gasteiger partial charge in [0.1, 0.15) is 0 Å². The van der Waals surface area contributed by atoms with Crippen molar-refractivity contribution >= 4 is 16.0 Å². The maximum absolute atomic E-state index is 12.8. The lowest BCUT2D eigenvalue weighted by Crippen LogP contribution is -2.39. The molecular weight excluding hydrogens is 290 g/mol. The van der Waals surface area contributed by atoms with Crippen LogP contribution >= 0.6 is 0 Å². The first-order valence-electron chi connectivity index (χ1n) is 7.16. The van der Waals surface area contributed by atoms with Gasteiger partial charge in [0.2, 0.25) is 10.0 Å². The number of carboxylic acids is 1. The maximum Gasteiger partial charge on any atom is 0.335 e.